The predicted molar refractivity (Wildman–Crippen MR) is 509 cm³/mol. The van der Waals surface area contributed by atoms with Crippen molar-refractivity contribution >= 4 is 129 Å². The molecule has 16 aromatic carbocycles. The van der Waals surface area contributed by atoms with E-state index < -0.39 is 0 Å². The number of aromatic nitrogens is 1. The van der Waals surface area contributed by atoms with Crippen molar-refractivity contribution in [2.24, 2.45) is 0 Å². The van der Waals surface area contributed by atoms with E-state index in [2.05, 4.69) is 385 Å². The Labute approximate surface area is 699 Å². The Morgan fingerprint density at radius 1 is 0.237 bits per heavy atom. The third-order valence-electron chi connectivity index (χ3n) is 24.6. The van der Waals surface area contributed by atoms with Crippen LogP contribution in [0.3, 0.4) is 0 Å². The van der Waals surface area contributed by atoms with E-state index in [9.17, 15) is 0 Å². The van der Waals surface area contributed by atoms with Crippen LogP contribution in [0.5, 0.6) is 0 Å². The van der Waals surface area contributed by atoms with Crippen LogP contribution in [0.4, 0.5) is 0 Å². The van der Waals surface area contributed by atoms with Gasteiger partial charge in [0.2, 0.25) is 0 Å². The molecule has 0 unspecified atom stereocenters. The van der Waals surface area contributed by atoms with Gasteiger partial charge in [-0.1, -0.05) is 383 Å². The van der Waals surface area contributed by atoms with Crippen molar-refractivity contribution in [3.63, 3.8) is 0 Å². The maximum absolute atomic E-state index is 6.45. The standard InChI is InChI=1S/C25H19N.C25H18O.C25H18S.C19H20O.C19H20S/c1-18-11-13-19(14-12-18)20-15-16-23-22-9-5-6-10-24(22)26(25(23)17-20)21-7-3-2-4-8-21;2*1-17-13-15-19(16-14-17)21-10-6-12-23-22-11-5-9-20(24(22)26-25(21)23)18-7-3-2-4-8-18;2*1-13-7-5-11-16-17-12-6-10-15(19(17)20-18(13)16)14-8-3-2-4-9-14/h2-17H,1H3;2*2-16H,1H3;2*5-7,10-12,14H,2-4,8-9H2,1H3. The molecule has 5 heterocycles. The Morgan fingerprint density at radius 2 is 0.602 bits per heavy atom. The number of hydrogen-bond donors (Lipinski definition) is 0. The molecular weight excluding hydrogens is 1470 g/mol. The second-order valence-electron chi connectivity index (χ2n) is 32.4. The summed E-state index contributed by atoms with van der Waals surface area (Å²) >= 11 is 3.92. The van der Waals surface area contributed by atoms with Crippen LogP contribution in [0.25, 0.3) is 167 Å². The lowest BCUT2D eigenvalue weighted by atomic mass is 9.83. The molecule has 0 bridgehead atoms. The lowest BCUT2D eigenvalue weighted by Crippen LogP contribution is -2.04. The lowest BCUT2D eigenvalue weighted by molar-refractivity contribution is 0.442. The van der Waals surface area contributed by atoms with Crippen molar-refractivity contribution < 1.29 is 8.83 Å². The van der Waals surface area contributed by atoms with Crippen molar-refractivity contribution in [2.75, 3.05) is 0 Å². The molecule has 118 heavy (non-hydrogen) atoms. The summed E-state index contributed by atoms with van der Waals surface area (Å²) in [6, 6.07) is 126. The van der Waals surface area contributed by atoms with Gasteiger partial charge in [0.15, 0.2) is 0 Å². The van der Waals surface area contributed by atoms with Gasteiger partial charge < -0.3 is 13.4 Å². The molecule has 21 aromatic rings. The summed E-state index contributed by atoms with van der Waals surface area (Å²) in [7, 11) is 0. The van der Waals surface area contributed by atoms with Crippen LogP contribution in [0.2, 0.25) is 0 Å². The maximum atomic E-state index is 6.45. The number of nitrogens with zero attached hydrogens (tertiary/aromatic N) is 1. The van der Waals surface area contributed by atoms with Crippen LogP contribution in [0, 0.1) is 34.6 Å². The van der Waals surface area contributed by atoms with Gasteiger partial charge in [0, 0.05) is 89.5 Å². The van der Waals surface area contributed by atoms with Gasteiger partial charge >= 0.3 is 0 Å². The first-order valence-corrected chi connectivity index (χ1v) is 43.9. The summed E-state index contributed by atoms with van der Waals surface area (Å²) in [5, 5.41) is 13.1. The Morgan fingerprint density at radius 3 is 1.16 bits per heavy atom. The van der Waals surface area contributed by atoms with Gasteiger partial charge in [-0.05, 0) is 163 Å². The van der Waals surface area contributed by atoms with Crippen molar-refractivity contribution in [1.82, 2.24) is 4.57 Å². The van der Waals surface area contributed by atoms with Gasteiger partial charge in [-0.25, -0.2) is 0 Å². The van der Waals surface area contributed by atoms with Crippen molar-refractivity contribution in [3.8, 4) is 61.3 Å². The van der Waals surface area contributed by atoms with E-state index in [1.54, 1.807) is 10.3 Å². The fourth-order valence-corrected chi connectivity index (χ4v) is 21.2. The summed E-state index contributed by atoms with van der Waals surface area (Å²) in [6.45, 7) is 10.7. The molecule has 0 radical (unpaired) electrons. The van der Waals surface area contributed by atoms with Crippen LogP contribution in [-0.2, 0) is 0 Å². The molecule has 2 saturated carbocycles. The van der Waals surface area contributed by atoms with E-state index >= 15 is 0 Å². The number of benzene rings is 16. The van der Waals surface area contributed by atoms with E-state index in [1.807, 2.05) is 28.7 Å². The summed E-state index contributed by atoms with van der Waals surface area (Å²) in [5.41, 5.74) is 29.6. The van der Waals surface area contributed by atoms with Crippen LogP contribution >= 0.6 is 22.7 Å². The quantitative estimate of drug-likeness (QED) is 0.152. The number of rotatable bonds is 8. The fourth-order valence-electron chi connectivity index (χ4n) is 18.4. The minimum atomic E-state index is 0.688. The Balaban J connectivity index is 0.0000000984. The Hall–Kier alpha value is -12.6. The number of hydrogen-bond acceptors (Lipinski definition) is 4. The molecule has 0 aliphatic heterocycles. The molecule has 576 valence electrons. The lowest BCUT2D eigenvalue weighted by Gasteiger charge is -2.22. The zero-order chi connectivity index (χ0) is 79.6. The number of furan rings is 2. The largest absolute Gasteiger partial charge is 0.455 e. The summed E-state index contributed by atoms with van der Waals surface area (Å²) in [5.74, 6) is 1.48. The molecule has 0 N–H and O–H groups in total. The first kappa shape index (κ1) is 75.4. The summed E-state index contributed by atoms with van der Waals surface area (Å²) < 4.78 is 20.8. The fraction of sp³-hybridized carbons (Fsp3) is 0.150. The topological polar surface area (TPSA) is 31.2 Å². The number of fused-ring (bicyclic) bond motifs is 15. The van der Waals surface area contributed by atoms with Crippen molar-refractivity contribution in [1.29, 1.82) is 0 Å². The minimum absolute atomic E-state index is 0.688. The van der Waals surface area contributed by atoms with Crippen LogP contribution in [0.1, 0.15) is 115 Å². The van der Waals surface area contributed by atoms with E-state index in [0.29, 0.717) is 5.92 Å². The van der Waals surface area contributed by atoms with E-state index in [0.717, 1.165) is 50.1 Å². The number of para-hydroxylation sites is 6. The molecule has 5 aromatic heterocycles. The van der Waals surface area contributed by atoms with Gasteiger partial charge in [-0.2, -0.15) is 0 Å². The van der Waals surface area contributed by atoms with Crippen LogP contribution < -0.4 is 0 Å². The summed E-state index contributed by atoms with van der Waals surface area (Å²) in [4.78, 5) is 0. The predicted octanol–water partition coefficient (Wildman–Crippen LogP) is 34.0. The third kappa shape index (κ3) is 14.9. The van der Waals surface area contributed by atoms with E-state index in [-0.39, 0.29) is 0 Å². The van der Waals surface area contributed by atoms with Crippen molar-refractivity contribution in [3.05, 3.63) is 391 Å². The molecule has 2 aliphatic carbocycles. The van der Waals surface area contributed by atoms with Gasteiger partial charge in [-0.3, -0.25) is 0 Å². The van der Waals surface area contributed by atoms with Crippen LogP contribution in [0.15, 0.2) is 361 Å². The number of thiophene rings is 2. The second-order valence-corrected chi connectivity index (χ2v) is 34.4. The molecule has 5 heteroatoms. The smallest absolute Gasteiger partial charge is 0.143 e. The highest BCUT2D eigenvalue weighted by Gasteiger charge is 2.24. The second kappa shape index (κ2) is 33.5. The Bertz CT molecular complexity index is 6810. The highest BCUT2D eigenvalue weighted by atomic mass is 32.1. The van der Waals surface area contributed by atoms with E-state index in [4.69, 9.17) is 8.83 Å². The molecular formula is C113H95NO2S2. The zero-order valence-electron chi connectivity index (χ0n) is 67.8. The van der Waals surface area contributed by atoms with Gasteiger partial charge in [0.1, 0.15) is 22.3 Å². The maximum Gasteiger partial charge on any atom is 0.143 e. The molecule has 23 rings (SSSR count). The highest BCUT2D eigenvalue weighted by molar-refractivity contribution is 7.27. The molecule has 0 saturated heterocycles. The molecule has 0 atom stereocenters. The van der Waals surface area contributed by atoms with Crippen molar-refractivity contribution in [2.45, 2.75) is 111 Å². The van der Waals surface area contributed by atoms with Gasteiger partial charge in [0.05, 0.1) is 11.0 Å². The summed E-state index contributed by atoms with van der Waals surface area (Å²) in [6.07, 6.45) is 13.8. The minimum Gasteiger partial charge on any atom is -0.455 e. The first-order chi connectivity index (χ1) is 58.1. The zero-order valence-corrected chi connectivity index (χ0v) is 69.4. The molecule has 0 spiro atoms. The average Bonchev–Trinajstić information content (AvgIpc) is 1.62. The average molecular weight is 1560 g/mol. The van der Waals surface area contributed by atoms with E-state index in [1.165, 1.54) is 216 Å². The SMILES string of the molecule is Cc1ccc(-c2ccc3c4ccccc4n(-c4ccccc4)c3c2)cc1.Cc1ccc(-c2cccc3c2oc2c(-c4ccccc4)cccc23)cc1.Cc1ccc(-c2cccc3c2sc2c(-c4ccccc4)cccc23)cc1.Cc1cccc2c1oc1c(C3CCCCC3)cccc12.Cc1cccc2c1sc1c(C3CCCCC3)cccc12. The Kier molecular flexibility index (Phi) is 21.4. The van der Waals surface area contributed by atoms with Gasteiger partial charge in [-0.15, -0.1) is 22.7 Å². The monoisotopic (exact) mass is 1560 g/mol. The first-order valence-electron chi connectivity index (χ1n) is 42.2. The normalized spacial score (nSPS) is 13.2. The molecule has 2 fully saturated rings. The van der Waals surface area contributed by atoms with Crippen LogP contribution in [-0.4, -0.2) is 4.57 Å². The molecule has 3 nitrogen and oxygen atoms in total. The molecule has 0 amide bonds. The number of aryl methyl sites for hydroxylation is 5. The third-order valence-corrected chi connectivity index (χ3v) is 27.3. The van der Waals surface area contributed by atoms with Gasteiger partial charge in [0.25, 0.3) is 0 Å². The molecule has 2 aliphatic rings. The highest BCUT2D eigenvalue weighted by Crippen LogP contribution is 2.48.